The summed E-state index contributed by atoms with van der Waals surface area (Å²) in [6.07, 6.45) is 2.11. The molecule has 1 aromatic carbocycles. The molecule has 6 nitrogen and oxygen atoms in total. The molecule has 1 aromatic rings. The third-order valence-electron chi connectivity index (χ3n) is 2.46. The number of nitrogens with zero attached hydrogens (tertiary/aromatic N) is 1. The van der Waals surface area contributed by atoms with Crippen LogP contribution in [0.25, 0.3) is 0 Å². The van der Waals surface area contributed by atoms with Gasteiger partial charge in [0.05, 0.1) is 23.8 Å². The minimum atomic E-state index is -0.510. The van der Waals surface area contributed by atoms with Crippen LogP contribution in [0.1, 0.15) is 19.3 Å². The SMILES string of the molecule is COc1cc([N+](=O)[O-])ccc1NC(=O)CCCCBr. The molecular formula is C12H15BrN2O4. The Labute approximate surface area is 119 Å². The van der Waals surface area contributed by atoms with Gasteiger partial charge in [-0.05, 0) is 18.9 Å². The highest BCUT2D eigenvalue weighted by molar-refractivity contribution is 9.09. The summed E-state index contributed by atoms with van der Waals surface area (Å²) in [6, 6.07) is 4.09. The summed E-state index contributed by atoms with van der Waals surface area (Å²) in [5, 5.41) is 14.2. The van der Waals surface area contributed by atoms with Crippen LogP contribution in [0.3, 0.4) is 0 Å². The van der Waals surface area contributed by atoms with Gasteiger partial charge in [-0.1, -0.05) is 15.9 Å². The number of nitro groups is 1. The molecule has 0 saturated carbocycles. The van der Waals surface area contributed by atoms with Crippen molar-refractivity contribution in [3.63, 3.8) is 0 Å². The van der Waals surface area contributed by atoms with E-state index in [0.29, 0.717) is 12.1 Å². The highest BCUT2D eigenvalue weighted by atomic mass is 79.9. The zero-order chi connectivity index (χ0) is 14.3. The third kappa shape index (κ3) is 4.86. The molecule has 0 atom stereocenters. The Kier molecular flexibility index (Phi) is 6.27. The number of hydrogen-bond donors (Lipinski definition) is 1. The molecule has 19 heavy (non-hydrogen) atoms. The Morgan fingerprint density at radius 2 is 2.21 bits per heavy atom. The van der Waals surface area contributed by atoms with Gasteiger partial charge in [0.25, 0.3) is 5.69 Å². The summed E-state index contributed by atoms with van der Waals surface area (Å²) in [4.78, 5) is 21.8. The molecule has 0 saturated heterocycles. The number of ether oxygens (including phenoxy) is 1. The second kappa shape index (κ2) is 7.73. The zero-order valence-electron chi connectivity index (χ0n) is 10.5. The maximum atomic E-state index is 11.7. The molecule has 0 bridgehead atoms. The quantitative estimate of drug-likeness (QED) is 0.360. The van der Waals surface area contributed by atoms with E-state index >= 15 is 0 Å². The zero-order valence-corrected chi connectivity index (χ0v) is 12.1. The lowest BCUT2D eigenvalue weighted by molar-refractivity contribution is -0.384. The van der Waals surface area contributed by atoms with Crippen LogP contribution in [0, 0.1) is 10.1 Å². The van der Waals surface area contributed by atoms with Crippen LogP contribution >= 0.6 is 15.9 Å². The van der Waals surface area contributed by atoms with Gasteiger partial charge in [0, 0.05) is 17.8 Å². The van der Waals surface area contributed by atoms with E-state index in [4.69, 9.17) is 4.74 Å². The molecule has 1 N–H and O–H groups in total. The molecule has 0 aliphatic carbocycles. The molecule has 0 fully saturated rings. The predicted molar refractivity (Wildman–Crippen MR) is 75.9 cm³/mol. The van der Waals surface area contributed by atoms with Crippen LogP contribution in [0.2, 0.25) is 0 Å². The van der Waals surface area contributed by atoms with Crippen molar-refractivity contribution in [3.05, 3.63) is 28.3 Å². The monoisotopic (exact) mass is 330 g/mol. The first-order valence-corrected chi connectivity index (χ1v) is 6.89. The molecule has 1 rings (SSSR count). The number of anilines is 1. The van der Waals surface area contributed by atoms with Crippen molar-refractivity contribution in [3.8, 4) is 5.75 Å². The van der Waals surface area contributed by atoms with E-state index in [9.17, 15) is 14.9 Å². The fourth-order valence-corrected chi connectivity index (χ4v) is 1.89. The molecule has 0 radical (unpaired) electrons. The molecule has 0 unspecified atom stereocenters. The summed E-state index contributed by atoms with van der Waals surface area (Å²) >= 11 is 3.30. The highest BCUT2D eigenvalue weighted by Crippen LogP contribution is 2.29. The Morgan fingerprint density at radius 1 is 1.47 bits per heavy atom. The van der Waals surface area contributed by atoms with Crippen molar-refractivity contribution in [2.75, 3.05) is 17.8 Å². The number of rotatable bonds is 7. The first-order valence-electron chi connectivity index (χ1n) is 5.76. The molecule has 0 aliphatic heterocycles. The minimum absolute atomic E-state index is 0.0749. The lowest BCUT2D eigenvalue weighted by Gasteiger charge is -2.09. The molecule has 0 aromatic heterocycles. The summed E-state index contributed by atoms with van der Waals surface area (Å²) < 4.78 is 5.04. The lowest BCUT2D eigenvalue weighted by Crippen LogP contribution is -2.12. The van der Waals surface area contributed by atoms with Crippen molar-refractivity contribution in [2.24, 2.45) is 0 Å². The smallest absolute Gasteiger partial charge is 0.273 e. The maximum absolute atomic E-state index is 11.7. The third-order valence-corrected chi connectivity index (χ3v) is 3.02. The number of carbonyl (C=O) groups excluding carboxylic acids is 1. The predicted octanol–water partition coefficient (Wildman–Crippen LogP) is 3.11. The molecule has 0 heterocycles. The fraction of sp³-hybridized carbons (Fsp3) is 0.417. The van der Waals surface area contributed by atoms with Crippen molar-refractivity contribution in [1.82, 2.24) is 0 Å². The van der Waals surface area contributed by atoms with Crippen LogP contribution in [-0.2, 0) is 4.79 Å². The van der Waals surface area contributed by atoms with Gasteiger partial charge in [0.1, 0.15) is 5.75 Å². The standard InChI is InChI=1S/C12H15BrN2O4/c1-19-11-8-9(15(17)18)5-6-10(11)14-12(16)4-2-3-7-13/h5-6,8H,2-4,7H2,1H3,(H,14,16). The minimum Gasteiger partial charge on any atom is -0.494 e. The number of nitro benzene ring substituents is 1. The Morgan fingerprint density at radius 3 is 2.79 bits per heavy atom. The van der Waals surface area contributed by atoms with E-state index in [1.807, 2.05) is 0 Å². The van der Waals surface area contributed by atoms with E-state index in [-0.39, 0.29) is 17.3 Å². The van der Waals surface area contributed by atoms with Crippen molar-refractivity contribution >= 4 is 33.2 Å². The lowest BCUT2D eigenvalue weighted by atomic mass is 10.2. The second-order valence-electron chi connectivity index (χ2n) is 3.84. The Bertz CT molecular complexity index is 465. The first-order chi connectivity index (χ1) is 9.08. The molecular weight excluding hydrogens is 316 g/mol. The summed E-state index contributed by atoms with van der Waals surface area (Å²) in [6.45, 7) is 0. The number of hydrogen-bond acceptors (Lipinski definition) is 4. The molecule has 104 valence electrons. The van der Waals surface area contributed by atoms with E-state index in [1.54, 1.807) is 0 Å². The van der Waals surface area contributed by atoms with E-state index in [1.165, 1.54) is 25.3 Å². The highest BCUT2D eigenvalue weighted by Gasteiger charge is 2.13. The number of halogens is 1. The van der Waals surface area contributed by atoms with Crippen LogP contribution in [-0.4, -0.2) is 23.3 Å². The average molecular weight is 331 g/mol. The number of nitrogens with one attached hydrogen (secondary N) is 1. The molecule has 7 heteroatoms. The topological polar surface area (TPSA) is 81.5 Å². The van der Waals surface area contributed by atoms with Crippen molar-refractivity contribution < 1.29 is 14.5 Å². The van der Waals surface area contributed by atoms with E-state index in [2.05, 4.69) is 21.2 Å². The normalized spacial score (nSPS) is 10.0. The van der Waals surface area contributed by atoms with E-state index in [0.717, 1.165) is 18.2 Å². The van der Waals surface area contributed by atoms with Gasteiger partial charge in [0.2, 0.25) is 5.91 Å². The van der Waals surface area contributed by atoms with Crippen LogP contribution < -0.4 is 10.1 Å². The van der Waals surface area contributed by atoms with Gasteiger partial charge in [-0.2, -0.15) is 0 Å². The second-order valence-corrected chi connectivity index (χ2v) is 4.63. The number of amides is 1. The number of carbonyl (C=O) groups is 1. The number of methoxy groups -OCH3 is 1. The summed E-state index contributed by atoms with van der Waals surface area (Å²) in [7, 11) is 1.40. The summed E-state index contributed by atoms with van der Waals surface area (Å²) in [5.74, 6) is 0.149. The van der Waals surface area contributed by atoms with Crippen molar-refractivity contribution in [1.29, 1.82) is 0 Å². The fourth-order valence-electron chi connectivity index (χ4n) is 1.49. The molecule has 1 amide bonds. The van der Waals surface area contributed by atoms with Crippen molar-refractivity contribution in [2.45, 2.75) is 19.3 Å². The van der Waals surface area contributed by atoms with Gasteiger partial charge in [0.15, 0.2) is 0 Å². The van der Waals surface area contributed by atoms with E-state index < -0.39 is 4.92 Å². The van der Waals surface area contributed by atoms with Crippen LogP contribution in [0.5, 0.6) is 5.75 Å². The number of unbranched alkanes of at least 4 members (excludes halogenated alkanes) is 1. The average Bonchev–Trinajstić information content (AvgIpc) is 2.39. The molecule has 0 aliphatic rings. The van der Waals surface area contributed by atoms with Gasteiger partial charge in [-0.25, -0.2) is 0 Å². The molecule has 0 spiro atoms. The Balaban J connectivity index is 2.72. The largest absolute Gasteiger partial charge is 0.494 e. The number of benzene rings is 1. The van der Waals surface area contributed by atoms with Crippen LogP contribution in [0.4, 0.5) is 11.4 Å². The summed E-state index contributed by atoms with van der Waals surface area (Å²) in [5.41, 5.74) is 0.367. The Hall–Kier alpha value is -1.63. The maximum Gasteiger partial charge on any atom is 0.273 e. The van der Waals surface area contributed by atoms with Gasteiger partial charge in [-0.15, -0.1) is 0 Å². The van der Waals surface area contributed by atoms with Gasteiger partial charge >= 0.3 is 0 Å². The first kappa shape index (κ1) is 15.4. The van der Waals surface area contributed by atoms with Gasteiger partial charge in [-0.3, -0.25) is 14.9 Å². The number of alkyl halides is 1. The number of non-ortho nitro benzene ring substituents is 1. The van der Waals surface area contributed by atoms with Crippen LogP contribution in [0.15, 0.2) is 18.2 Å². The van der Waals surface area contributed by atoms with Gasteiger partial charge < -0.3 is 10.1 Å².